The van der Waals surface area contributed by atoms with Gasteiger partial charge in [0.25, 0.3) is 0 Å². The van der Waals surface area contributed by atoms with Gasteiger partial charge < -0.3 is 19.8 Å². The molecule has 0 radical (unpaired) electrons. The van der Waals surface area contributed by atoms with Crippen LogP contribution in [0, 0.1) is 17.8 Å². The van der Waals surface area contributed by atoms with E-state index in [-0.39, 0.29) is 36.2 Å². The second-order valence-electron chi connectivity index (χ2n) is 12.8. The number of hydrogen-bond donors (Lipinski definition) is 2. The van der Waals surface area contributed by atoms with E-state index in [0.29, 0.717) is 41.7 Å². The van der Waals surface area contributed by atoms with E-state index in [9.17, 15) is 24.0 Å². The van der Waals surface area contributed by atoms with Gasteiger partial charge in [0.05, 0.1) is 24.4 Å². The van der Waals surface area contributed by atoms with Crippen LogP contribution in [0.2, 0.25) is 0 Å². The maximum Gasteiger partial charge on any atom is 0.339 e. The zero-order valence-electron chi connectivity index (χ0n) is 27.2. The number of Topliss-reactive ketones (excluding diaryl/α,β-unsaturated/α-hetero) is 3. The molecular weight excluding hydrogens is 596 g/mol. The van der Waals surface area contributed by atoms with Crippen molar-refractivity contribution in [3.05, 3.63) is 78.0 Å². The molecule has 1 aromatic heterocycles. The van der Waals surface area contributed by atoms with Crippen molar-refractivity contribution >= 4 is 50.9 Å². The molecule has 3 aromatic carbocycles. The van der Waals surface area contributed by atoms with Crippen LogP contribution in [0.15, 0.2) is 66.7 Å². The summed E-state index contributed by atoms with van der Waals surface area (Å²) in [5.41, 5.74) is 1.45. The first-order valence-electron chi connectivity index (χ1n) is 16.3. The highest BCUT2D eigenvalue weighted by Crippen LogP contribution is 2.29. The minimum Gasteiger partial charge on any atom is -0.496 e. The van der Waals surface area contributed by atoms with Crippen molar-refractivity contribution in [2.24, 2.45) is 17.8 Å². The predicted octanol–water partition coefficient (Wildman–Crippen LogP) is 6.63. The molecule has 3 atom stereocenters. The van der Waals surface area contributed by atoms with Gasteiger partial charge in [-0.25, -0.2) is 4.79 Å². The molecule has 9 nitrogen and oxygen atoms in total. The molecule has 1 fully saturated rings. The summed E-state index contributed by atoms with van der Waals surface area (Å²) in [6.07, 6.45) is 3.21. The van der Waals surface area contributed by atoms with Crippen molar-refractivity contribution < 1.29 is 33.4 Å². The summed E-state index contributed by atoms with van der Waals surface area (Å²) >= 11 is 0. The number of hydrogen-bond acceptors (Lipinski definition) is 7. The van der Waals surface area contributed by atoms with Crippen LogP contribution in [0.25, 0.3) is 21.7 Å². The number of benzene rings is 3. The Labute approximate surface area is 274 Å². The summed E-state index contributed by atoms with van der Waals surface area (Å²) in [6.45, 7) is 3.38. The number of ketones is 3. The number of carbonyl (C=O) groups excluding carboxylic acids is 5. The largest absolute Gasteiger partial charge is 0.496 e. The molecule has 1 aliphatic carbocycles. The quantitative estimate of drug-likeness (QED) is 0.117. The number of amides is 1. The monoisotopic (exact) mass is 638 g/mol. The van der Waals surface area contributed by atoms with E-state index < -0.39 is 36.2 Å². The maximum atomic E-state index is 13.8. The van der Waals surface area contributed by atoms with Crippen LogP contribution in [-0.2, 0) is 19.1 Å². The van der Waals surface area contributed by atoms with Gasteiger partial charge in [-0.15, -0.1) is 0 Å². The Balaban J connectivity index is 1.32. The molecule has 1 saturated carbocycles. The van der Waals surface area contributed by atoms with Gasteiger partial charge in [0, 0.05) is 35.6 Å². The summed E-state index contributed by atoms with van der Waals surface area (Å²) < 4.78 is 10.9. The summed E-state index contributed by atoms with van der Waals surface area (Å²) in [5.74, 6) is -2.12. The Morgan fingerprint density at radius 3 is 2.49 bits per heavy atom. The Morgan fingerprint density at radius 1 is 0.957 bits per heavy atom. The molecule has 9 heteroatoms. The lowest BCUT2D eigenvalue weighted by Gasteiger charge is -2.27. The van der Waals surface area contributed by atoms with Gasteiger partial charge in [0.15, 0.2) is 18.2 Å². The number of aromatic amines is 1. The molecule has 0 saturated heterocycles. The lowest BCUT2D eigenvalue weighted by molar-refractivity contribution is -0.133. The Kier molecular flexibility index (Phi) is 10.9. The molecule has 0 bridgehead atoms. The molecule has 5 rings (SSSR count). The van der Waals surface area contributed by atoms with Gasteiger partial charge in [-0.3, -0.25) is 19.2 Å². The number of ether oxygens (including phenoxy) is 2. The second kappa shape index (κ2) is 15.2. The van der Waals surface area contributed by atoms with Gasteiger partial charge >= 0.3 is 5.97 Å². The Hall–Kier alpha value is -4.79. The average Bonchev–Trinajstić information content (AvgIpc) is 3.52. The van der Waals surface area contributed by atoms with E-state index >= 15 is 0 Å². The highest BCUT2D eigenvalue weighted by Gasteiger charge is 2.33. The van der Waals surface area contributed by atoms with Crippen molar-refractivity contribution in [3.63, 3.8) is 0 Å². The van der Waals surface area contributed by atoms with Gasteiger partial charge in [0.1, 0.15) is 11.5 Å². The summed E-state index contributed by atoms with van der Waals surface area (Å²) in [7, 11) is 1.56. The van der Waals surface area contributed by atoms with Gasteiger partial charge in [-0.1, -0.05) is 62.7 Å². The highest BCUT2D eigenvalue weighted by atomic mass is 16.5. The summed E-state index contributed by atoms with van der Waals surface area (Å²) in [4.78, 5) is 69.9. The minimum atomic E-state index is -1.04. The van der Waals surface area contributed by atoms with E-state index in [1.165, 1.54) is 0 Å². The van der Waals surface area contributed by atoms with E-state index in [1.54, 1.807) is 25.3 Å². The van der Waals surface area contributed by atoms with Crippen LogP contribution < -0.4 is 10.1 Å². The molecule has 246 valence electrons. The molecule has 0 spiro atoms. The third kappa shape index (κ3) is 8.14. The lowest BCUT2D eigenvalue weighted by atomic mass is 9.82. The van der Waals surface area contributed by atoms with Crippen LogP contribution in [-0.4, -0.2) is 54.0 Å². The third-order valence-corrected chi connectivity index (χ3v) is 8.96. The minimum absolute atomic E-state index is 0.0687. The van der Waals surface area contributed by atoms with Gasteiger partial charge in [-0.2, -0.15) is 0 Å². The van der Waals surface area contributed by atoms with Crippen LogP contribution in [0.4, 0.5) is 0 Å². The fourth-order valence-corrected chi connectivity index (χ4v) is 6.51. The standard InChI is InChI=1S/C38H42N2O7/c1-23(2)18-26(20-34(42)32-21-29-30(39-32)15-9-17-36(29)46-3)37(44)40-31(19-25-11-5-7-16-33(25)41)35(43)22-47-38(45)28-14-8-12-24-10-4-6-13-27(24)28/h4,6,8-10,12-15,17,21,23,25-26,31,39H,5,7,11,16,18-20,22H2,1-3H3,(H,40,44)/t25-,26+,31-/m0/s1. The van der Waals surface area contributed by atoms with Crippen LogP contribution in [0.5, 0.6) is 5.75 Å². The van der Waals surface area contributed by atoms with Crippen molar-refractivity contribution in [2.45, 2.75) is 64.8 Å². The topological polar surface area (TPSA) is 132 Å². The van der Waals surface area contributed by atoms with Crippen molar-refractivity contribution in [1.82, 2.24) is 10.3 Å². The zero-order valence-corrected chi connectivity index (χ0v) is 27.2. The highest BCUT2D eigenvalue weighted by molar-refractivity contribution is 6.05. The number of nitrogens with one attached hydrogen (secondary N) is 2. The molecule has 1 aliphatic rings. The second-order valence-corrected chi connectivity index (χ2v) is 12.8. The maximum absolute atomic E-state index is 13.8. The molecule has 1 heterocycles. The zero-order chi connectivity index (χ0) is 33.5. The molecule has 1 amide bonds. The fourth-order valence-electron chi connectivity index (χ4n) is 6.51. The first-order chi connectivity index (χ1) is 22.6. The van der Waals surface area contributed by atoms with Gasteiger partial charge in [0.2, 0.25) is 5.91 Å². The van der Waals surface area contributed by atoms with Crippen LogP contribution in [0.3, 0.4) is 0 Å². The number of H-pyrrole nitrogens is 1. The van der Waals surface area contributed by atoms with E-state index in [4.69, 9.17) is 9.47 Å². The third-order valence-electron chi connectivity index (χ3n) is 8.96. The number of fused-ring (bicyclic) bond motifs is 2. The smallest absolute Gasteiger partial charge is 0.339 e. The van der Waals surface area contributed by atoms with Gasteiger partial charge in [-0.05, 0) is 66.6 Å². The number of aromatic nitrogens is 1. The van der Waals surface area contributed by atoms with E-state index in [1.807, 2.05) is 62.4 Å². The number of methoxy groups -OCH3 is 1. The van der Waals surface area contributed by atoms with Crippen LogP contribution >= 0.6 is 0 Å². The van der Waals surface area contributed by atoms with E-state index in [0.717, 1.165) is 29.1 Å². The summed E-state index contributed by atoms with van der Waals surface area (Å²) in [6, 6.07) is 18.9. The Morgan fingerprint density at radius 2 is 1.72 bits per heavy atom. The van der Waals surface area contributed by atoms with Crippen molar-refractivity contribution in [1.29, 1.82) is 0 Å². The number of rotatable bonds is 14. The number of esters is 1. The van der Waals surface area contributed by atoms with Crippen molar-refractivity contribution in [3.8, 4) is 5.75 Å². The van der Waals surface area contributed by atoms with E-state index in [2.05, 4.69) is 10.3 Å². The van der Waals surface area contributed by atoms with Crippen molar-refractivity contribution in [2.75, 3.05) is 13.7 Å². The number of carbonyl (C=O) groups is 5. The first kappa shape index (κ1) is 33.6. The predicted molar refractivity (Wildman–Crippen MR) is 179 cm³/mol. The normalized spacial score (nSPS) is 16.2. The average molecular weight is 639 g/mol. The molecule has 0 aliphatic heterocycles. The SMILES string of the molecule is COc1cccc2[nH]c(C(=O)C[C@@H](CC(C)C)C(=O)N[C@@H](C[C@@H]3CCCCC3=O)C(=O)COC(=O)c3cccc4ccccc34)cc12. The summed E-state index contributed by atoms with van der Waals surface area (Å²) in [5, 5.41) is 5.21. The molecular formula is C38H42N2O7. The lowest BCUT2D eigenvalue weighted by Crippen LogP contribution is -2.47. The first-order valence-corrected chi connectivity index (χ1v) is 16.3. The molecule has 0 unspecified atom stereocenters. The fraction of sp³-hybridized carbons (Fsp3) is 0.395. The Bertz CT molecular complexity index is 1780. The molecule has 2 N–H and O–H groups in total. The molecule has 47 heavy (non-hydrogen) atoms. The van der Waals surface area contributed by atoms with Crippen LogP contribution in [0.1, 0.15) is 79.6 Å². The molecule has 4 aromatic rings.